The van der Waals surface area contributed by atoms with Crippen LogP contribution in [0.15, 0.2) is 0 Å². The first-order chi connectivity index (χ1) is 4.31. The van der Waals surface area contributed by atoms with Gasteiger partial charge in [-0.15, -0.1) is 0 Å². The second-order valence-electron chi connectivity index (χ2n) is 2.39. The summed E-state index contributed by atoms with van der Waals surface area (Å²) in [6.07, 6.45) is 3.81. The lowest BCUT2D eigenvalue weighted by molar-refractivity contribution is 0.613. The number of nitrogens with one attached hydrogen (secondary N) is 2. The molecule has 2 heteroatoms. The van der Waals surface area contributed by atoms with E-state index in [1.165, 1.54) is 12.6 Å². The van der Waals surface area contributed by atoms with Gasteiger partial charge in [-0.2, -0.15) is 0 Å². The fourth-order valence-corrected chi connectivity index (χ4v) is 0.684. The fraction of sp³-hybridized carbons (Fsp3) is 0.857. The van der Waals surface area contributed by atoms with Gasteiger partial charge in [-0.3, -0.25) is 0 Å². The van der Waals surface area contributed by atoms with Crippen LogP contribution in [0, 0.1) is 11.3 Å². The van der Waals surface area contributed by atoms with Gasteiger partial charge in [0.15, 0.2) is 0 Å². The lowest BCUT2D eigenvalue weighted by Gasteiger charge is -2.02. The predicted molar refractivity (Wildman–Crippen MR) is 41.1 cm³/mol. The first-order valence-electron chi connectivity index (χ1n) is 3.46. The van der Waals surface area contributed by atoms with E-state index in [9.17, 15) is 0 Å². The Hall–Kier alpha value is -0.370. The van der Waals surface area contributed by atoms with Crippen LogP contribution in [-0.2, 0) is 0 Å². The van der Waals surface area contributed by atoms with E-state index in [0.717, 1.165) is 13.0 Å². The van der Waals surface area contributed by atoms with Gasteiger partial charge in [0, 0.05) is 0 Å². The Labute approximate surface area is 57.2 Å². The highest BCUT2D eigenvalue weighted by molar-refractivity contribution is 5.55. The predicted octanol–water partition coefficient (Wildman–Crippen LogP) is 1.27. The molecule has 0 aliphatic carbocycles. The van der Waals surface area contributed by atoms with Gasteiger partial charge >= 0.3 is 0 Å². The highest BCUT2D eigenvalue weighted by Gasteiger charge is 1.94. The lowest BCUT2D eigenvalue weighted by atomic mass is 10.1. The standard InChI is InChI=1S/C7H16N2/c1-7(6-8)4-3-5-9-2/h6-9H,3-5H2,1-2H3. The van der Waals surface area contributed by atoms with Crippen LogP contribution in [-0.4, -0.2) is 19.8 Å². The molecule has 0 spiro atoms. The summed E-state index contributed by atoms with van der Waals surface area (Å²) in [4.78, 5) is 0. The molecule has 0 fully saturated rings. The van der Waals surface area contributed by atoms with Crippen LogP contribution in [0.25, 0.3) is 0 Å². The zero-order valence-electron chi connectivity index (χ0n) is 6.28. The van der Waals surface area contributed by atoms with Crippen molar-refractivity contribution in [2.45, 2.75) is 19.8 Å². The zero-order chi connectivity index (χ0) is 7.11. The second-order valence-corrected chi connectivity index (χ2v) is 2.39. The molecule has 0 aliphatic heterocycles. The molecule has 0 rings (SSSR count). The molecule has 9 heavy (non-hydrogen) atoms. The van der Waals surface area contributed by atoms with Crippen molar-refractivity contribution in [2.75, 3.05) is 13.6 Å². The third-order valence-corrected chi connectivity index (χ3v) is 1.37. The summed E-state index contributed by atoms with van der Waals surface area (Å²) >= 11 is 0. The molecule has 0 saturated carbocycles. The number of hydrogen-bond donors (Lipinski definition) is 2. The average molecular weight is 128 g/mol. The zero-order valence-corrected chi connectivity index (χ0v) is 6.28. The molecule has 0 aromatic rings. The SMILES string of the molecule is CNCCCC(C)C=N. The van der Waals surface area contributed by atoms with Crippen LogP contribution in [0.3, 0.4) is 0 Å². The Morgan fingerprint density at radius 2 is 2.33 bits per heavy atom. The summed E-state index contributed by atoms with van der Waals surface area (Å²) in [6.45, 7) is 3.14. The minimum absolute atomic E-state index is 0.457. The van der Waals surface area contributed by atoms with Crippen molar-refractivity contribution in [3.8, 4) is 0 Å². The van der Waals surface area contributed by atoms with Crippen LogP contribution >= 0.6 is 0 Å². The van der Waals surface area contributed by atoms with Crippen LogP contribution in [0.5, 0.6) is 0 Å². The molecule has 0 radical (unpaired) electrons. The van der Waals surface area contributed by atoms with Gasteiger partial charge in [0.2, 0.25) is 0 Å². The monoisotopic (exact) mass is 128 g/mol. The largest absolute Gasteiger partial charge is 0.320 e. The average Bonchev–Trinajstić information content (AvgIpc) is 1.89. The molecule has 0 heterocycles. The van der Waals surface area contributed by atoms with Crippen molar-refractivity contribution in [2.24, 2.45) is 5.92 Å². The second kappa shape index (κ2) is 5.76. The Balaban J connectivity index is 2.96. The normalized spacial score (nSPS) is 13.1. The van der Waals surface area contributed by atoms with E-state index in [1.54, 1.807) is 0 Å². The molecule has 2 N–H and O–H groups in total. The first kappa shape index (κ1) is 8.63. The van der Waals surface area contributed by atoms with Crippen molar-refractivity contribution in [1.29, 1.82) is 5.41 Å². The van der Waals surface area contributed by atoms with E-state index in [0.29, 0.717) is 5.92 Å². The molecule has 0 bridgehead atoms. The van der Waals surface area contributed by atoms with E-state index in [-0.39, 0.29) is 0 Å². The van der Waals surface area contributed by atoms with Gasteiger partial charge in [0.25, 0.3) is 0 Å². The van der Waals surface area contributed by atoms with Crippen molar-refractivity contribution < 1.29 is 0 Å². The summed E-state index contributed by atoms with van der Waals surface area (Å²) in [5, 5.41) is 9.97. The van der Waals surface area contributed by atoms with E-state index in [4.69, 9.17) is 5.41 Å². The molecule has 0 aromatic carbocycles. The van der Waals surface area contributed by atoms with Gasteiger partial charge in [-0.1, -0.05) is 6.92 Å². The molecule has 0 amide bonds. The summed E-state index contributed by atoms with van der Waals surface area (Å²) in [6, 6.07) is 0. The third kappa shape index (κ3) is 5.50. The maximum absolute atomic E-state index is 6.90. The number of rotatable bonds is 5. The minimum Gasteiger partial charge on any atom is -0.320 e. The van der Waals surface area contributed by atoms with Crippen molar-refractivity contribution in [1.82, 2.24) is 5.32 Å². The molecule has 0 saturated heterocycles. The molecule has 2 nitrogen and oxygen atoms in total. The van der Waals surface area contributed by atoms with E-state index < -0.39 is 0 Å². The Morgan fingerprint density at radius 3 is 2.78 bits per heavy atom. The summed E-state index contributed by atoms with van der Waals surface area (Å²) < 4.78 is 0. The smallest absolute Gasteiger partial charge is 0.00195 e. The van der Waals surface area contributed by atoms with Gasteiger partial charge < -0.3 is 10.7 Å². The molecule has 0 aliphatic rings. The fourth-order valence-electron chi connectivity index (χ4n) is 0.684. The van der Waals surface area contributed by atoms with Gasteiger partial charge in [0.05, 0.1) is 0 Å². The topological polar surface area (TPSA) is 35.9 Å². The summed E-state index contributed by atoms with van der Waals surface area (Å²) in [7, 11) is 1.95. The van der Waals surface area contributed by atoms with Crippen LogP contribution in [0.1, 0.15) is 19.8 Å². The van der Waals surface area contributed by atoms with Crippen molar-refractivity contribution in [3.05, 3.63) is 0 Å². The molecule has 0 aromatic heterocycles. The van der Waals surface area contributed by atoms with Crippen molar-refractivity contribution >= 4 is 6.21 Å². The maximum Gasteiger partial charge on any atom is -0.00195 e. The quantitative estimate of drug-likeness (QED) is 0.424. The van der Waals surface area contributed by atoms with Crippen LogP contribution < -0.4 is 5.32 Å². The first-order valence-corrected chi connectivity index (χ1v) is 3.46. The Morgan fingerprint density at radius 1 is 1.67 bits per heavy atom. The van der Waals surface area contributed by atoms with E-state index >= 15 is 0 Å². The molecule has 1 unspecified atom stereocenters. The van der Waals surface area contributed by atoms with E-state index in [2.05, 4.69) is 12.2 Å². The van der Waals surface area contributed by atoms with Gasteiger partial charge in [0.1, 0.15) is 0 Å². The number of hydrogen-bond acceptors (Lipinski definition) is 2. The third-order valence-electron chi connectivity index (χ3n) is 1.37. The van der Waals surface area contributed by atoms with Gasteiger partial charge in [-0.25, -0.2) is 0 Å². The van der Waals surface area contributed by atoms with Crippen molar-refractivity contribution in [3.63, 3.8) is 0 Å². The summed E-state index contributed by atoms with van der Waals surface area (Å²) in [5.41, 5.74) is 0. The van der Waals surface area contributed by atoms with Crippen LogP contribution in [0.2, 0.25) is 0 Å². The molecule has 1 atom stereocenters. The van der Waals surface area contributed by atoms with Gasteiger partial charge in [-0.05, 0) is 38.6 Å². The summed E-state index contributed by atoms with van der Waals surface area (Å²) in [5.74, 6) is 0.457. The highest BCUT2D eigenvalue weighted by Crippen LogP contribution is 1.99. The van der Waals surface area contributed by atoms with E-state index in [1.807, 2.05) is 7.05 Å². The molecular formula is C7H16N2. The molecular weight excluding hydrogens is 112 g/mol. The molecule has 54 valence electrons. The lowest BCUT2D eigenvalue weighted by Crippen LogP contribution is -2.09. The van der Waals surface area contributed by atoms with Crippen LogP contribution in [0.4, 0.5) is 0 Å². The Kier molecular flexibility index (Phi) is 5.52. The Bertz CT molecular complexity index is 71.3. The minimum atomic E-state index is 0.457. The highest BCUT2D eigenvalue weighted by atomic mass is 14.8. The maximum atomic E-state index is 6.90.